The summed E-state index contributed by atoms with van der Waals surface area (Å²) in [6.07, 6.45) is 52.2. The van der Waals surface area contributed by atoms with Crippen molar-refractivity contribution >= 4 is 13.8 Å². The van der Waals surface area contributed by atoms with Gasteiger partial charge >= 0.3 is 13.8 Å². The molecule has 0 amide bonds. The van der Waals surface area contributed by atoms with Gasteiger partial charge in [0.15, 0.2) is 6.10 Å². The molecular formula is C48H89NO7P+. The Morgan fingerprint density at radius 3 is 1.49 bits per heavy atom. The summed E-state index contributed by atoms with van der Waals surface area (Å²) < 4.78 is 34.7. The van der Waals surface area contributed by atoms with Crippen LogP contribution in [-0.4, -0.2) is 69.0 Å². The maximum atomic E-state index is 12.7. The quantitative estimate of drug-likeness (QED) is 0.0164. The predicted molar refractivity (Wildman–Crippen MR) is 242 cm³/mol. The number of ether oxygens (including phenoxy) is 2. The predicted octanol–water partition coefficient (Wildman–Crippen LogP) is 14.1. The summed E-state index contributed by atoms with van der Waals surface area (Å²) in [6.45, 7) is 4.84. The zero-order chi connectivity index (χ0) is 42.0. The molecule has 332 valence electrons. The Morgan fingerprint density at radius 2 is 0.982 bits per heavy atom. The first-order valence-electron chi connectivity index (χ1n) is 23.1. The molecule has 0 aromatic carbocycles. The van der Waals surface area contributed by atoms with Crippen LogP contribution in [0.4, 0.5) is 0 Å². The smallest absolute Gasteiger partial charge is 0.472 e. The number of hydrogen-bond donors (Lipinski definition) is 1. The van der Waals surface area contributed by atoms with Crippen molar-refractivity contribution < 1.29 is 37.3 Å². The molecule has 2 atom stereocenters. The van der Waals surface area contributed by atoms with Crippen molar-refractivity contribution in [1.82, 2.24) is 0 Å². The van der Waals surface area contributed by atoms with E-state index in [9.17, 15) is 14.3 Å². The van der Waals surface area contributed by atoms with E-state index in [1.807, 2.05) is 27.2 Å². The van der Waals surface area contributed by atoms with Crippen LogP contribution in [0.5, 0.6) is 0 Å². The third-order valence-corrected chi connectivity index (χ3v) is 10.6. The maximum Gasteiger partial charge on any atom is 0.472 e. The highest BCUT2D eigenvalue weighted by Crippen LogP contribution is 2.43. The molecule has 0 saturated heterocycles. The molecule has 0 rings (SSSR count). The van der Waals surface area contributed by atoms with E-state index in [2.05, 4.69) is 62.5 Å². The van der Waals surface area contributed by atoms with Gasteiger partial charge in [0.1, 0.15) is 19.8 Å². The van der Waals surface area contributed by atoms with E-state index in [0.29, 0.717) is 17.4 Å². The first kappa shape index (κ1) is 55.0. The monoisotopic (exact) mass is 823 g/mol. The average Bonchev–Trinajstić information content (AvgIpc) is 3.16. The molecule has 0 saturated carbocycles. The Hall–Kier alpha value is -1.96. The molecule has 1 N–H and O–H groups in total. The molecule has 0 aromatic rings. The number of allylic oxidation sites excluding steroid dienone is 9. The Bertz CT molecular complexity index is 1090. The van der Waals surface area contributed by atoms with Crippen molar-refractivity contribution in [2.75, 3.05) is 47.5 Å². The number of carbonyl (C=O) groups is 1. The Labute approximate surface area is 351 Å². The first-order chi connectivity index (χ1) is 27.6. The van der Waals surface area contributed by atoms with Crippen LogP contribution in [0, 0.1) is 0 Å². The molecule has 0 aliphatic rings. The van der Waals surface area contributed by atoms with Crippen molar-refractivity contribution in [1.29, 1.82) is 0 Å². The highest BCUT2D eigenvalue weighted by Gasteiger charge is 2.26. The van der Waals surface area contributed by atoms with E-state index < -0.39 is 13.9 Å². The van der Waals surface area contributed by atoms with Gasteiger partial charge in [-0.25, -0.2) is 4.57 Å². The minimum atomic E-state index is -4.31. The fourth-order valence-electron chi connectivity index (χ4n) is 6.04. The van der Waals surface area contributed by atoms with E-state index in [0.717, 1.165) is 38.5 Å². The molecule has 0 radical (unpaired) electrons. The molecule has 0 aromatic heterocycles. The molecule has 9 heteroatoms. The van der Waals surface area contributed by atoms with Crippen LogP contribution in [0.1, 0.15) is 187 Å². The minimum absolute atomic E-state index is 0.0251. The van der Waals surface area contributed by atoms with E-state index >= 15 is 0 Å². The fourth-order valence-corrected chi connectivity index (χ4v) is 6.78. The summed E-state index contributed by atoms with van der Waals surface area (Å²) in [6, 6.07) is 0. The second kappa shape index (κ2) is 40.8. The molecule has 0 bridgehead atoms. The lowest BCUT2D eigenvalue weighted by atomic mass is 10.0. The number of phosphoric acid groups is 1. The summed E-state index contributed by atoms with van der Waals surface area (Å²) in [5.74, 6) is -0.390. The van der Waals surface area contributed by atoms with Gasteiger partial charge in [-0.1, -0.05) is 172 Å². The summed E-state index contributed by atoms with van der Waals surface area (Å²) in [5.41, 5.74) is 0. The van der Waals surface area contributed by atoms with Gasteiger partial charge in [0.2, 0.25) is 0 Å². The highest BCUT2D eigenvalue weighted by atomic mass is 31.2. The Morgan fingerprint density at radius 1 is 0.561 bits per heavy atom. The molecule has 8 nitrogen and oxygen atoms in total. The molecule has 0 aliphatic carbocycles. The van der Waals surface area contributed by atoms with E-state index in [4.69, 9.17) is 18.5 Å². The summed E-state index contributed by atoms with van der Waals surface area (Å²) >= 11 is 0. The molecule has 0 spiro atoms. The number of nitrogens with zero attached hydrogens (tertiary/aromatic N) is 1. The largest absolute Gasteiger partial charge is 0.498 e. The van der Waals surface area contributed by atoms with Crippen LogP contribution in [0.15, 0.2) is 60.9 Å². The van der Waals surface area contributed by atoms with Gasteiger partial charge in [-0.05, 0) is 63.9 Å². The van der Waals surface area contributed by atoms with Crippen molar-refractivity contribution in [3.63, 3.8) is 0 Å². The van der Waals surface area contributed by atoms with Crippen LogP contribution in [0.25, 0.3) is 0 Å². The van der Waals surface area contributed by atoms with Gasteiger partial charge in [0.05, 0.1) is 34.0 Å². The number of hydrogen-bond acceptors (Lipinski definition) is 6. The lowest BCUT2D eigenvalue weighted by Crippen LogP contribution is -2.37. The zero-order valence-corrected chi connectivity index (χ0v) is 38.5. The van der Waals surface area contributed by atoms with Crippen molar-refractivity contribution in [3.8, 4) is 0 Å². The molecule has 0 heterocycles. The zero-order valence-electron chi connectivity index (χ0n) is 37.6. The highest BCUT2D eigenvalue weighted by molar-refractivity contribution is 7.47. The standard InChI is InChI=1S/C48H88NO7P/c1-6-8-10-12-14-16-18-20-22-24-26-28-30-32-34-36-38-40-43-53-45-47(46-55-57(51,52)54-44-42-49(3,4)5)56-48(50)41-39-37-35-33-31-29-27-25-23-21-19-17-15-13-11-9-7-2/h15,17,21,23,27,29,33,35,40,43,47H,6-14,16,18-20,22,24-26,28,30-32,34,36-39,41-42,44-46H2,1-5H3/p+1/b17-15+,23-21+,29-27+,35-33+,43-40+/t47-/m1/s1. The lowest BCUT2D eigenvalue weighted by Gasteiger charge is -2.24. The van der Waals surface area contributed by atoms with Crippen molar-refractivity contribution in [2.24, 2.45) is 0 Å². The molecule has 0 aliphatic heterocycles. The number of phosphoric ester groups is 1. The van der Waals surface area contributed by atoms with Crippen molar-refractivity contribution in [3.05, 3.63) is 60.9 Å². The van der Waals surface area contributed by atoms with Crippen LogP contribution in [0.2, 0.25) is 0 Å². The van der Waals surface area contributed by atoms with E-state index in [1.54, 1.807) is 6.26 Å². The van der Waals surface area contributed by atoms with E-state index in [1.165, 1.54) is 122 Å². The molecular weight excluding hydrogens is 734 g/mol. The number of rotatable bonds is 42. The molecule has 0 fully saturated rings. The molecule has 1 unspecified atom stereocenters. The third-order valence-electron chi connectivity index (χ3n) is 9.65. The minimum Gasteiger partial charge on any atom is -0.498 e. The van der Waals surface area contributed by atoms with Gasteiger partial charge in [-0.3, -0.25) is 13.8 Å². The number of carbonyl (C=O) groups excluding carboxylic acids is 1. The molecule has 57 heavy (non-hydrogen) atoms. The normalized spacial score (nSPS) is 14.2. The van der Waals surface area contributed by atoms with Crippen LogP contribution >= 0.6 is 7.82 Å². The second-order valence-corrected chi connectivity index (χ2v) is 18.0. The van der Waals surface area contributed by atoms with Gasteiger partial charge in [0.25, 0.3) is 0 Å². The number of esters is 1. The second-order valence-electron chi connectivity index (χ2n) is 16.5. The number of quaternary nitrogens is 1. The van der Waals surface area contributed by atoms with Crippen LogP contribution < -0.4 is 0 Å². The lowest BCUT2D eigenvalue weighted by molar-refractivity contribution is -0.870. The van der Waals surface area contributed by atoms with Gasteiger partial charge < -0.3 is 18.9 Å². The first-order valence-corrected chi connectivity index (χ1v) is 24.6. The average molecular weight is 823 g/mol. The SMILES string of the molecule is CCCCC/C=C/C/C=C/C/C=C/C/C=C/CCCC(=O)O[C@H](CO/C=C/CCCCCCCCCCCCCCCCCC)COP(=O)(O)OCC[N+](C)(C)C. The van der Waals surface area contributed by atoms with Gasteiger partial charge in [-0.15, -0.1) is 0 Å². The van der Waals surface area contributed by atoms with E-state index in [-0.39, 0.29) is 32.2 Å². The summed E-state index contributed by atoms with van der Waals surface area (Å²) in [7, 11) is 1.60. The number of unbranched alkanes of at least 4 members (excludes halogenated alkanes) is 20. The van der Waals surface area contributed by atoms with Crippen LogP contribution in [-0.2, 0) is 27.9 Å². The van der Waals surface area contributed by atoms with Crippen molar-refractivity contribution in [2.45, 2.75) is 193 Å². The summed E-state index contributed by atoms with van der Waals surface area (Å²) in [5, 5.41) is 0. The summed E-state index contributed by atoms with van der Waals surface area (Å²) in [4.78, 5) is 22.9. The van der Waals surface area contributed by atoms with Gasteiger partial charge in [-0.2, -0.15) is 0 Å². The third kappa shape index (κ3) is 45.0. The topological polar surface area (TPSA) is 91.3 Å². The van der Waals surface area contributed by atoms with Crippen LogP contribution in [0.3, 0.4) is 0 Å². The van der Waals surface area contributed by atoms with Gasteiger partial charge in [0, 0.05) is 6.42 Å². The Kier molecular flexibility index (Phi) is 39.4. The number of likely N-dealkylation sites (N-methyl/N-ethyl adjacent to an activating group) is 1. The Balaban J connectivity index is 4.35. The maximum absolute atomic E-state index is 12.7. The fraction of sp³-hybridized carbons (Fsp3) is 0.771.